The molecule has 0 N–H and O–H groups in total. The lowest BCUT2D eigenvalue weighted by molar-refractivity contribution is -0.139. The molecule has 0 saturated heterocycles. The van der Waals surface area contributed by atoms with Crippen molar-refractivity contribution in [3.8, 4) is 0 Å². The highest BCUT2D eigenvalue weighted by molar-refractivity contribution is 9.10. The van der Waals surface area contributed by atoms with E-state index in [4.69, 9.17) is 10.3 Å². The molecule has 88 valence electrons. The molecule has 1 aromatic rings. The molecule has 5 heteroatoms. The van der Waals surface area contributed by atoms with E-state index in [2.05, 4.69) is 27.3 Å². The summed E-state index contributed by atoms with van der Waals surface area (Å²) < 4.78 is 5.78. The maximum absolute atomic E-state index is 11.6. The van der Waals surface area contributed by atoms with E-state index in [0.29, 0.717) is 12.0 Å². The molecule has 0 aliphatic carbocycles. The number of halogens is 1. The van der Waals surface area contributed by atoms with Gasteiger partial charge in [0.2, 0.25) is 0 Å². The molecule has 0 aliphatic heterocycles. The zero-order chi connectivity index (χ0) is 12.7. The van der Waals surface area contributed by atoms with E-state index in [1.165, 1.54) is 0 Å². The number of ether oxygens (including phenoxy) is 1. The van der Waals surface area contributed by atoms with Gasteiger partial charge in [-0.15, -0.1) is 6.58 Å². The smallest absolute Gasteiger partial charge is 0.422 e. The first-order chi connectivity index (χ1) is 8.19. The number of hydrogen-bond donors (Lipinski definition) is 0. The number of carbonyl (C=O) groups excluding carboxylic acids is 1. The second-order valence-electron chi connectivity index (χ2n) is 3.17. The van der Waals surface area contributed by atoms with Crippen LogP contribution in [0.3, 0.4) is 0 Å². The Labute approximate surface area is 108 Å². The van der Waals surface area contributed by atoms with Crippen molar-refractivity contribution < 1.29 is 14.3 Å². The number of rotatable bonds is 5. The van der Waals surface area contributed by atoms with Crippen LogP contribution in [0.5, 0.6) is 0 Å². The number of esters is 1. The topological polar surface area (TPSA) is 62.7 Å². The third-order valence-corrected chi connectivity index (χ3v) is 2.49. The lowest BCUT2D eigenvalue weighted by atomic mass is 10.1. The van der Waals surface area contributed by atoms with Gasteiger partial charge in [-0.05, 0) is 30.7 Å². The standard InChI is InChI=1S/C12H11BrN2O2/c1-2-3-8-17-12(16)11(15-14)9-4-6-10(13)7-5-9/h2,4-7H,1,3,8H2. The Hall–Kier alpha value is -1.71. The average Bonchev–Trinajstić information content (AvgIpc) is 2.33. The monoisotopic (exact) mass is 294 g/mol. The van der Waals surface area contributed by atoms with Gasteiger partial charge in [0, 0.05) is 4.47 Å². The first kappa shape index (κ1) is 13.4. The number of benzene rings is 1. The molecule has 0 fully saturated rings. The van der Waals surface area contributed by atoms with E-state index in [0.717, 1.165) is 4.47 Å². The zero-order valence-electron chi connectivity index (χ0n) is 9.10. The van der Waals surface area contributed by atoms with Crippen molar-refractivity contribution in [1.29, 1.82) is 0 Å². The third kappa shape index (κ3) is 3.98. The molecule has 1 rings (SSSR count). The highest BCUT2D eigenvalue weighted by Crippen LogP contribution is 2.11. The molecular formula is C12H11BrN2O2. The van der Waals surface area contributed by atoms with Gasteiger partial charge in [0.25, 0.3) is 0 Å². The number of carbonyl (C=O) groups is 1. The molecular weight excluding hydrogens is 284 g/mol. The van der Waals surface area contributed by atoms with Crippen molar-refractivity contribution in [2.45, 2.75) is 6.42 Å². The van der Waals surface area contributed by atoms with Crippen molar-refractivity contribution in [2.75, 3.05) is 6.61 Å². The SMILES string of the molecule is C=CCCOC(=O)C(=[N+]=[N-])c1ccc(Br)cc1. The summed E-state index contributed by atoms with van der Waals surface area (Å²) in [6, 6.07) is 6.82. The second-order valence-corrected chi connectivity index (χ2v) is 4.08. The van der Waals surface area contributed by atoms with Gasteiger partial charge in [0.15, 0.2) is 0 Å². The molecule has 0 radical (unpaired) electrons. The maximum atomic E-state index is 11.6. The van der Waals surface area contributed by atoms with Crippen LogP contribution < -0.4 is 0 Å². The van der Waals surface area contributed by atoms with Gasteiger partial charge in [-0.25, -0.2) is 4.79 Å². The molecule has 0 heterocycles. The third-order valence-electron chi connectivity index (χ3n) is 1.97. The van der Waals surface area contributed by atoms with Gasteiger partial charge in [0.1, 0.15) is 0 Å². The molecule has 0 aromatic heterocycles. The molecule has 0 unspecified atom stereocenters. The molecule has 0 bridgehead atoms. The minimum atomic E-state index is -0.656. The first-order valence-electron chi connectivity index (χ1n) is 4.95. The van der Waals surface area contributed by atoms with Crippen molar-refractivity contribution in [1.82, 2.24) is 0 Å². The van der Waals surface area contributed by atoms with Gasteiger partial charge in [-0.3, -0.25) is 0 Å². The summed E-state index contributed by atoms with van der Waals surface area (Å²) in [6.45, 7) is 3.73. The summed E-state index contributed by atoms with van der Waals surface area (Å²) in [6.07, 6.45) is 2.20. The second kappa shape index (κ2) is 6.78. The molecule has 1 aromatic carbocycles. The van der Waals surface area contributed by atoms with Crippen molar-refractivity contribution in [2.24, 2.45) is 0 Å². The highest BCUT2D eigenvalue weighted by atomic mass is 79.9. The minimum absolute atomic E-state index is 0.110. The van der Waals surface area contributed by atoms with Crippen LogP contribution in [0.25, 0.3) is 5.53 Å². The molecule has 0 aliphatic rings. The maximum Gasteiger partial charge on any atom is 0.422 e. The molecule has 4 nitrogen and oxygen atoms in total. The van der Waals surface area contributed by atoms with Gasteiger partial charge in [-0.1, -0.05) is 22.0 Å². The molecule has 17 heavy (non-hydrogen) atoms. The summed E-state index contributed by atoms with van der Waals surface area (Å²) in [5, 5.41) is 0. The molecule has 0 amide bonds. The fraction of sp³-hybridized carbons (Fsp3) is 0.167. The summed E-state index contributed by atoms with van der Waals surface area (Å²) in [4.78, 5) is 14.5. The van der Waals surface area contributed by atoms with E-state index in [-0.39, 0.29) is 12.3 Å². The molecule has 0 atom stereocenters. The first-order valence-corrected chi connectivity index (χ1v) is 5.74. The lowest BCUT2D eigenvalue weighted by Gasteiger charge is -1.99. The summed E-state index contributed by atoms with van der Waals surface area (Å²) in [5.74, 6) is -0.656. The van der Waals surface area contributed by atoms with Crippen LogP contribution in [-0.2, 0) is 9.53 Å². The Balaban J connectivity index is 2.78. The quantitative estimate of drug-likeness (QED) is 0.209. The van der Waals surface area contributed by atoms with Crippen LogP contribution in [0.15, 0.2) is 41.4 Å². The Bertz CT molecular complexity index is 462. The van der Waals surface area contributed by atoms with E-state index >= 15 is 0 Å². The normalized spacial score (nSPS) is 9.24. The number of nitrogens with zero attached hydrogens (tertiary/aromatic N) is 2. The summed E-state index contributed by atoms with van der Waals surface area (Å²) in [7, 11) is 0. The van der Waals surface area contributed by atoms with E-state index in [1.54, 1.807) is 30.3 Å². The summed E-state index contributed by atoms with van der Waals surface area (Å²) >= 11 is 3.28. The number of hydrogen-bond acceptors (Lipinski definition) is 2. The Morgan fingerprint density at radius 2 is 2.12 bits per heavy atom. The van der Waals surface area contributed by atoms with E-state index in [9.17, 15) is 4.79 Å². The van der Waals surface area contributed by atoms with Crippen LogP contribution in [0.2, 0.25) is 0 Å². The molecule has 0 saturated carbocycles. The van der Waals surface area contributed by atoms with Gasteiger partial charge >= 0.3 is 11.7 Å². The van der Waals surface area contributed by atoms with Gasteiger partial charge < -0.3 is 10.3 Å². The van der Waals surface area contributed by atoms with Crippen molar-refractivity contribution in [3.63, 3.8) is 0 Å². The summed E-state index contributed by atoms with van der Waals surface area (Å²) in [5.41, 5.74) is 9.22. The van der Waals surface area contributed by atoms with E-state index in [1.807, 2.05) is 0 Å². The largest absolute Gasteiger partial charge is 0.456 e. The Morgan fingerprint density at radius 3 is 2.65 bits per heavy atom. The van der Waals surface area contributed by atoms with Crippen LogP contribution in [0, 0.1) is 0 Å². The van der Waals surface area contributed by atoms with Crippen LogP contribution in [0.1, 0.15) is 12.0 Å². The van der Waals surface area contributed by atoms with Gasteiger partial charge in [0.05, 0.1) is 12.2 Å². The molecule has 0 spiro atoms. The average molecular weight is 295 g/mol. The highest BCUT2D eigenvalue weighted by Gasteiger charge is 2.24. The van der Waals surface area contributed by atoms with Crippen LogP contribution in [0.4, 0.5) is 0 Å². The van der Waals surface area contributed by atoms with Crippen molar-refractivity contribution >= 4 is 27.6 Å². The van der Waals surface area contributed by atoms with Crippen LogP contribution >= 0.6 is 15.9 Å². The minimum Gasteiger partial charge on any atom is -0.456 e. The fourth-order valence-corrected chi connectivity index (χ4v) is 1.39. The van der Waals surface area contributed by atoms with Gasteiger partial charge in [-0.2, -0.15) is 4.79 Å². The fourth-order valence-electron chi connectivity index (χ4n) is 1.13. The zero-order valence-corrected chi connectivity index (χ0v) is 10.7. The Morgan fingerprint density at radius 1 is 1.47 bits per heavy atom. The van der Waals surface area contributed by atoms with Crippen LogP contribution in [-0.4, -0.2) is 23.1 Å². The predicted molar refractivity (Wildman–Crippen MR) is 67.6 cm³/mol. The van der Waals surface area contributed by atoms with E-state index < -0.39 is 5.97 Å². The lowest BCUT2D eigenvalue weighted by Crippen LogP contribution is -2.20. The van der Waals surface area contributed by atoms with Crippen molar-refractivity contribution in [3.05, 3.63) is 52.5 Å². The Kier molecular flexibility index (Phi) is 5.33. The predicted octanol–water partition coefficient (Wildman–Crippen LogP) is 2.59.